The zero-order chi connectivity index (χ0) is 16.2. The Hall–Kier alpha value is -2.02. The molecule has 0 bridgehead atoms. The molecule has 0 atom stereocenters. The molecule has 3 nitrogen and oxygen atoms in total. The maximum Gasteiger partial charge on any atom is 0.573 e. The molecule has 116 valence electrons. The normalized spacial score (nSPS) is 11.1. The van der Waals surface area contributed by atoms with Crippen LogP contribution >= 0.6 is 15.9 Å². The second kappa shape index (κ2) is 6.83. The average Bonchev–Trinajstić information content (AvgIpc) is 2.45. The molecule has 0 N–H and O–H groups in total. The SMILES string of the molecule is O=Cc1cc(Br)c(OCc2ccccc2)c(OC(F)(F)F)c1. The van der Waals surface area contributed by atoms with E-state index in [1.165, 1.54) is 6.07 Å². The Kier molecular flexibility index (Phi) is 5.07. The Morgan fingerprint density at radius 2 is 1.82 bits per heavy atom. The minimum atomic E-state index is -4.88. The summed E-state index contributed by atoms with van der Waals surface area (Å²) in [5, 5.41) is 0. The van der Waals surface area contributed by atoms with Crippen LogP contribution in [0.1, 0.15) is 15.9 Å². The van der Waals surface area contributed by atoms with Crippen molar-refractivity contribution in [1.82, 2.24) is 0 Å². The molecule has 0 fully saturated rings. The first-order valence-corrected chi connectivity index (χ1v) is 6.89. The summed E-state index contributed by atoms with van der Waals surface area (Å²) >= 11 is 3.09. The summed E-state index contributed by atoms with van der Waals surface area (Å²) < 4.78 is 47.0. The Morgan fingerprint density at radius 3 is 2.41 bits per heavy atom. The molecular weight excluding hydrogens is 365 g/mol. The summed E-state index contributed by atoms with van der Waals surface area (Å²) in [5.41, 5.74) is 0.824. The monoisotopic (exact) mass is 374 g/mol. The third kappa shape index (κ3) is 4.49. The third-order valence-electron chi connectivity index (χ3n) is 2.62. The fourth-order valence-corrected chi connectivity index (χ4v) is 2.30. The van der Waals surface area contributed by atoms with Crippen LogP contribution in [0.4, 0.5) is 13.2 Å². The topological polar surface area (TPSA) is 35.5 Å². The first-order chi connectivity index (χ1) is 10.4. The fourth-order valence-electron chi connectivity index (χ4n) is 1.73. The highest BCUT2D eigenvalue weighted by molar-refractivity contribution is 9.10. The van der Waals surface area contributed by atoms with Crippen LogP contribution in [0, 0.1) is 0 Å². The summed E-state index contributed by atoms with van der Waals surface area (Å²) in [6, 6.07) is 11.3. The molecule has 22 heavy (non-hydrogen) atoms. The number of rotatable bonds is 5. The van der Waals surface area contributed by atoms with Gasteiger partial charge >= 0.3 is 6.36 Å². The summed E-state index contributed by atoms with van der Waals surface area (Å²) in [6.07, 6.45) is -4.46. The van der Waals surface area contributed by atoms with Gasteiger partial charge in [0.05, 0.1) is 4.47 Å². The lowest BCUT2D eigenvalue weighted by Gasteiger charge is -2.16. The van der Waals surface area contributed by atoms with Gasteiger partial charge in [0.1, 0.15) is 12.9 Å². The van der Waals surface area contributed by atoms with Gasteiger partial charge in [0, 0.05) is 5.56 Å². The molecule has 0 radical (unpaired) electrons. The van der Waals surface area contributed by atoms with Gasteiger partial charge in [-0.15, -0.1) is 13.2 Å². The van der Waals surface area contributed by atoms with Crippen LogP contribution in [0.15, 0.2) is 46.9 Å². The lowest BCUT2D eigenvalue weighted by Crippen LogP contribution is -2.18. The van der Waals surface area contributed by atoms with Crippen molar-refractivity contribution < 1.29 is 27.4 Å². The van der Waals surface area contributed by atoms with E-state index in [9.17, 15) is 18.0 Å². The lowest BCUT2D eigenvalue weighted by molar-refractivity contribution is -0.275. The van der Waals surface area contributed by atoms with Crippen molar-refractivity contribution >= 4 is 22.2 Å². The Bertz CT molecular complexity index is 657. The van der Waals surface area contributed by atoms with Gasteiger partial charge in [-0.3, -0.25) is 4.79 Å². The number of hydrogen-bond donors (Lipinski definition) is 0. The van der Waals surface area contributed by atoms with Crippen LogP contribution in [-0.2, 0) is 6.61 Å². The van der Waals surface area contributed by atoms with Crippen LogP contribution in [0.2, 0.25) is 0 Å². The lowest BCUT2D eigenvalue weighted by atomic mass is 10.2. The van der Waals surface area contributed by atoms with Gasteiger partial charge in [-0.05, 0) is 33.6 Å². The number of carbonyl (C=O) groups is 1. The van der Waals surface area contributed by atoms with Gasteiger partial charge in [-0.1, -0.05) is 30.3 Å². The Balaban J connectivity index is 2.29. The van der Waals surface area contributed by atoms with Crippen LogP contribution in [0.25, 0.3) is 0 Å². The van der Waals surface area contributed by atoms with E-state index in [-0.39, 0.29) is 22.4 Å². The highest BCUT2D eigenvalue weighted by Gasteiger charge is 2.33. The minimum Gasteiger partial charge on any atom is -0.484 e. The van der Waals surface area contributed by atoms with E-state index in [0.29, 0.717) is 6.29 Å². The van der Waals surface area contributed by atoms with Crippen LogP contribution < -0.4 is 9.47 Å². The molecule has 0 aliphatic rings. The van der Waals surface area contributed by atoms with E-state index in [1.807, 2.05) is 6.07 Å². The van der Waals surface area contributed by atoms with Crippen molar-refractivity contribution in [3.05, 3.63) is 58.1 Å². The van der Waals surface area contributed by atoms with E-state index >= 15 is 0 Å². The van der Waals surface area contributed by atoms with Crippen molar-refractivity contribution in [2.75, 3.05) is 0 Å². The molecule has 0 aromatic heterocycles. The van der Waals surface area contributed by atoms with Gasteiger partial charge in [0.25, 0.3) is 0 Å². The fraction of sp³-hybridized carbons (Fsp3) is 0.133. The van der Waals surface area contributed by atoms with Crippen molar-refractivity contribution in [1.29, 1.82) is 0 Å². The standard InChI is InChI=1S/C15H10BrF3O3/c16-12-6-11(8-20)7-13(22-15(17,18)19)14(12)21-9-10-4-2-1-3-5-10/h1-8H,9H2. The third-order valence-corrected chi connectivity index (χ3v) is 3.21. The largest absolute Gasteiger partial charge is 0.573 e. The van der Waals surface area contributed by atoms with Crippen molar-refractivity contribution in [2.45, 2.75) is 13.0 Å². The molecule has 0 amide bonds. The van der Waals surface area contributed by atoms with E-state index in [0.717, 1.165) is 11.6 Å². The molecule has 0 heterocycles. The predicted octanol–water partition coefficient (Wildman–Crippen LogP) is 4.74. The second-order valence-electron chi connectivity index (χ2n) is 4.27. The number of alkyl halides is 3. The highest BCUT2D eigenvalue weighted by atomic mass is 79.9. The molecule has 2 rings (SSSR count). The molecule has 0 unspecified atom stereocenters. The first-order valence-electron chi connectivity index (χ1n) is 6.10. The number of benzene rings is 2. The Labute approximate surface area is 132 Å². The summed E-state index contributed by atoms with van der Waals surface area (Å²) in [4.78, 5) is 10.8. The number of halogens is 4. The number of carbonyl (C=O) groups excluding carboxylic acids is 1. The number of hydrogen-bond acceptors (Lipinski definition) is 3. The van der Waals surface area contributed by atoms with Crippen LogP contribution in [-0.4, -0.2) is 12.6 Å². The molecule has 0 spiro atoms. The molecule has 0 saturated carbocycles. The smallest absolute Gasteiger partial charge is 0.484 e. The van der Waals surface area contributed by atoms with Gasteiger partial charge in [-0.25, -0.2) is 0 Å². The maximum atomic E-state index is 12.5. The van der Waals surface area contributed by atoms with Crippen molar-refractivity contribution in [3.8, 4) is 11.5 Å². The van der Waals surface area contributed by atoms with Crippen molar-refractivity contribution in [3.63, 3.8) is 0 Å². The van der Waals surface area contributed by atoms with Gasteiger partial charge < -0.3 is 9.47 Å². The maximum absolute atomic E-state index is 12.5. The zero-order valence-electron chi connectivity index (χ0n) is 11.1. The molecule has 2 aromatic rings. The van der Waals surface area contributed by atoms with Gasteiger partial charge in [0.15, 0.2) is 11.5 Å². The van der Waals surface area contributed by atoms with E-state index in [1.54, 1.807) is 24.3 Å². The van der Waals surface area contributed by atoms with Crippen molar-refractivity contribution in [2.24, 2.45) is 0 Å². The quantitative estimate of drug-likeness (QED) is 0.709. The van der Waals surface area contributed by atoms with Crippen LogP contribution in [0.3, 0.4) is 0 Å². The first kappa shape index (κ1) is 16.4. The molecule has 2 aromatic carbocycles. The van der Waals surface area contributed by atoms with Gasteiger partial charge in [-0.2, -0.15) is 0 Å². The number of aldehydes is 1. The molecule has 0 aliphatic heterocycles. The zero-order valence-corrected chi connectivity index (χ0v) is 12.6. The van der Waals surface area contributed by atoms with E-state index < -0.39 is 12.1 Å². The summed E-state index contributed by atoms with van der Waals surface area (Å²) in [7, 11) is 0. The summed E-state index contributed by atoms with van der Waals surface area (Å²) in [6.45, 7) is 0.0636. The average molecular weight is 375 g/mol. The molecule has 0 saturated heterocycles. The molecule has 7 heteroatoms. The Morgan fingerprint density at radius 1 is 1.14 bits per heavy atom. The highest BCUT2D eigenvalue weighted by Crippen LogP contribution is 2.39. The molecular formula is C15H10BrF3O3. The van der Waals surface area contributed by atoms with Gasteiger partial charge in [0.2, 0.25) is 0 Å². The minimum absolute atomic E-state index is 0.0400. The van der Waals surface area contributed by atoms with Crippen LogP contribution in [0.5, 0.6) is 11.5 Å². The predicted molar refractivity (Wildman–Crippen MR) is 77.0 cm³/mol. The summed E-state index contributed by atoms with van der Waals surface area (Å²) in [5.74, 6) is -0.688. The molecule has 0 aliphatic carbocycles. The van der Waals surface area contributed by atoms with E-state index in [2.05, 4.69) is 20.7 Å². The van der Waals surface area contributed by atoms with E-state index in [4.69, 9.17) is 4.74 Å². The second-order valence-corrected chi connectivity index (χ2v) is 5.12. The number of ether oxygens (including phenoxy) is 2.